The predicted octanol–water partition coefficient (Wildman–Crippen LogP) is 2.27. The highest BCUT2D eigenvalue weighted by molar-refractivity contribution is 8.13. The molecule has 0 spiro atoms. The summed E-state index contributed by atoms with van der Waals surface area (Å²) in [6, 6.07) is 6.90. The van der Waals surface area contributed by atoms with Crippen molar-refractivity contribution in [1.29, 1.82) is 0 Å². The van der Waals surface area contributed by atoms with Crippen molar-refractivity contribution in [3.8, 4) is 0 Å². The van der Waals surface area contributed by atoms with E-state index >= 15 is 0 Å². The predicted molar refractivity (Wildman–Crippen MR) is 56.8 cm³/mol. The second-order valence-corrected chi connectivity index (χ2v) is 3.97. The van der Waals surface area contributed by atoms with E-state index in [1.54, 1.807) is 38.4 Å². The number of hydrogen-bond acceptors (Lipinski definition) is 3. The molecule has 0 aliphatic rings. The van der Waals surface area contributed by atoms with Crippen molar-refractivity contribution in [2.75, 3.05) is 14.1 Å². The van der Waals surface area contributed by atoms with Crippen LogP contribution in [0.15, 0.2) is 29.2 Å². The Labute approximate surface area is 87.1 Å². The number of thioether (sulfide) groups is 1. The topological polar surface area (TPSA) is 37.4 Å². The van der Waals surface area contributed by atoms with Gasteiger partial charge in [-0.25, -0.2) is 0 Å². The molecule has 0 bridgehead atoms. The van der Waals surface area contributed by atoms with E-state index < -0.39 is 0 Å². The van der Waals surface area contributed by atoms with Crippen molar-refractivity contribution in [3.05, 3.63) is 29.8 Å². The molecule has 0 N–H and O–H groups in total. The molecule has 1 amide bonds. The maximum atomic E-state index is 11.3. The lowest BCUT2D eigenvalue weighted by Crippen LogP contribution is -2.15. The minimum absolute atomic E-state index is 0.0242. The minimum Gasteiger partial charge on any atom is -0.339 e. The molecular weight excluding hydrogens is 198 g/mol. The van der Waals surface area contributed by atoms with Gasteiger partial charge < -0.3 is 4.90 Å². The third-order valence-electron chi connectivity index (χ3n) is 1.59. The zero-order chi connectivity index (χ0) is 10.6. The number of hydrogen-bond donors (Lipinski definition) is 0. The summed E-state index contributed by atoms with van der Waals surface area (Å²) in [5.41, 5.74) is 0.617. The number of carbonyl (C=O) groups is 2. The molecule has 3 nitrogen and oxygen atoms in total. The van der Waals surface area contributed by atoms with Gasteiger partial charge >= 0.3 is 0 Å². The molecule has 0 saturated heterocycles. The second-order valence-electron chi connectivity index (χ2n) is 2.95. The molecule has 0 aromatic heterocycles. The Bertz CT molecular complexity index is 332. The molecule has 0 fully saturated rings. The minimum atomic E-state index is -0.0242. The first-order valence-electron chi connectivity index (χ1n) is 4.08. The van der Waals surface area contributed by atoms with Crippen LogP contribution < -0.4 is 0 Å². The molecule has 74 valence electrons. The molecule has 14 heavy (non-hydrogen) atoms. The molecule has 1 aromatic carbocycles. The van der Waals surface area contributed by atoms with Gasteiger partial charge in [0, 0.05) is 24.6 Å². The summed E-state index contributed by atoms with van der Waals surface area (Å²) in [6.07, 6.45) is 0.780. The zero-order valence-corrected chi connectivity index (χ0v) is 8.88. The van der Waals surface area contributed by atoms with Crippen molar-refractivity contribution in [3.63, 3.8) is 0 Å². The van der Waals surface area contributed by atoms with Crippen LogP contribution >= 0.6 is 11.8 Å². The molecule has 0 heterocycles. The van der Waals surface area contributed by atoms with Crippen LogP contribution in [0.2, 0.25) is 0 Å². The van der Waals surface area contributed by atoms with Crippen LogP contribution in [0, 0.1) is 0 Å². The quantitative estimate of drug-likeness (QED) is 0.554. The Kier molecular flexibility index (Phi) is 3.71. The lowest BCUT2D eigenvalue weighted by Gasteiger charge is -2.08. The fourth-order valence-electron chi connectivity index (χ4n) is 0.807. The summed E-state index contributed by atoms with van der Waals surface area (Å²) in [5.74, 6) is 0. The molecule has 0 radical (unpaired) electrons. The lowest BCUT2D eigenvalue weighted by molar-refractivity contribution is 0.112. The van der Waals surface area contributed by atoms with Gasteiger partial charge in [0.2, 0.25) is 0 Å². The summed E-state index contributed by atoms with van der Waals surface area (Å²) in [7, 11) is 3.41. The monoisotopic (exact) mass is 209 g/mol. The van der Waals surface area contributed by atoms with E-state index in [-0.39, 0.29) is 5.24 Å². The lowest BCUT2D eigenvalue weighted by atomic mass is 10.2. The first-order valence-corrected chi connectivity index (χ1v) is 4.89. The van der Waals surface area contributed by atoms with Crippen LogP contribution in [0.5, 0.6) is 0 Å². The second kappa shape index (κ2) is 4.81. The summed E-state index contributed by atoms with van der Waals surface area (Å²) in [4.78, 5) is 24.0. The molecule has 0 saturated carbocycles. The molecule has 1 aromatic rings. The number of rotatable bonds is 2. The van der Waals surface area contributed by atoms with Crippen molar-refractivity contribution < 1.29 is 9.59 Å². The van der Waals surface area contributed by atoms with Gasteiger partial charge in [0.1, 0.15) is 6.29 Å². The molecular formula is C10H11NO2S. The summed E-state index contributed by atoms with van der Waals surface area (Å²) < 4.78 is 0. The fourth-order valence-corrected chi connectivity index (χ4v) is 1.46. The normalized spacial score (nSPS) is 9.57. The standard InChI is InChI=1S/C10H11NO2S/c1-11(2)10(13)14-9-5-3-8(7-12)4-6-9/h3-7H,1-2H3. The molecule has 0 aliphatic carbocycles. The number of amides is 1. The van der Waals surface area contributed by atoms with Gasteiger partial charge in [0.05, 0.1) is 0 Å². The van der Waals surface area contributed by atoms with Gasteiger partial charge in [-0.15, -0.1) is 0 Å². The highest BCUT2D eigenvalue weighted by atomic mass is 32.2. The van der Waals surface area contributed by atoms with Crippen molar-refractivity contribution in [2.45, 2.75) is 4.90 Å². The van der Waals surface area contributed by atoms with E-state index in [4.69, 9.17) is 0 Å². The van der Waals surface area contributed by atoms with Crippen LogP contribution in [0.3, 0.4) is 0 Å². The Morgan fingerprint density at radius 3 is 2.29 bits per heavy atom. The number of carbonyl (C=O) groups excluding carboxylic acids is 2. The van der Waals surface area contributed by atoms with Gasteiger partial charge in [-0.2, -0.15) is 0 Å². The molecule has 0 atom stereocenters. The first-order chi connectivity index (χ1) is 6.63. The van der Waals surface area contributed by atoms with Crippen molar-refractivity contribution >= 4 is 23.3 Å². The average molecular weight is 209 g/mol. The molecule has 4 heteroatoms. The Balaban J connectivity index is 2.69. The highest BCUT2D eigenvalue weighted by Crippen LogP contribution is 2.20. The van der Waals surface area contributed by atoms with Gasteiger partial charge in [-0.3, -0.25) is 9.59 Å². The summed E-state index contributed by atoms with van der Waals surface area (Å²) >= 11 is 1.14. The van der Waals surface area contributed by atoms with E-state index in [0.717, 1.165) is 22.9 Å². The first kappa shape index (κ1) is 10.8. The number of aldehydes is 1. The number of benzene rings is 1. The van der Waals surface area contributed by atoms with Crippen molar-refractivity contribution in [2.24, 2.45) is 0 Å². The Hall–Kier alpha value is -1.29. The maximum absolute atomic E-state index is 11.3. The molecule has 0 aliphatic heterocycles. The summed E-state index contributed by atoms with van der Waals surface area (Å²) in [6.45, 7) is 0. The van der Waals surface area contributed by atoms with Gasteiger partial charge in [-0.05, 0) is 23.9 Å². The van der Waals surface area contributed by atoms with Gasteiger partial charge in [0.15, 0.2) is 0 Å². The number of nitrogens with zero attached hydrogens (tertiary/aromatic N) is 1. The van der Waals surface area contributed by atoms with E-state index in [9.17, 15) is 9.59 Å². The largest absolute Gasteiger partial charge is 0.339 e. The van der Waals surface area contributed by atoms with Crippen LogP contribution in [0.4, 0.5) is 4.79 Å². The zero-order valence-electron chi connectivity index (χ0n) is 8.06. The van der Waals surface area contributed by atoms with Crippen LogP contribution in [0.25, 0.3) is 0 Å². The van der Waals surface area contributed by atoms with E-state index in [0.29, 0.717) is 5.56 Å². The SMILES string of the molecule is CN(C)C(=O)Sc1ccc(C=O)cc1. The van der Waals surface area contributed by atoms with Gasteiger partial charge in [-0.1, -0.05) is 12.1 Å². The molecule has 0 unspecified atom stereocenters. The van der Waals surface area contributed by atoms with Crippen LogP contribution in [-0.2, 0) is 0 Å². The summed E-state index contributed by atoms with van der Waals surface area (Å²) in [5, 5.41) is -0.0242. The Morgan fingerprint density at radius 1 is 1.29 bits per heavy atom. The highest BCUT2D eigenvalue weighted by Gasteiger charge is 2.05. The maximum Gasteiger partial charge on any atom is 0.285 e. The average Bonchev–Trinajstić information content (AvgIpc) is 2.19. The smallest absolute Gasteiger partial charge is 0.285 e. The third kappa shape index (κ3) is 2.88. The van der Waals surface area contributed by atoms with E-state index in [1.807, 2.05) is 0 Å². The third-order valence-corrected chi connectivity index (χ3v) is 2.63. The van der Waals surface area contributed by atoms with Gasteiger partial charge in [0.25, 0.3) is 5.24 Å². The van der Waals surface area contributed by atoms with E-state index in [1.165, 1.54) is 4.90 Å². The van der Waals surface area contributed by atoms with Crippen molar-refractivity contribution in [1.82, 2.24) is 4.90 Å². The molecule has 1 rings (SSSR count). The van der Waals surface area contributed by atoms with Crippen LogP contribution in [-0.4, -0.2) is 30.5 Å². The fraction of sp³-hybridized carbons (Fsp3) is 0.200. The van der Waals surface area contributed by atoms with Crippen LogP contribution in [0.1, 0.15) is 10.4 Å². The van der Waals surface area contributed by atoms with E-state index in [2.05, 4.69) is 0 Å². The Morgan fingerprint density at radius 2 is 1.86 bits per heavy atom.